The molecule has 2 aromatic carbocycles. The Kier molecular flexibility index (Phi) is 8.07. The van der Waals surface area contributed by atoms with Crippen molar-refractivity contribution in [2.24, 2.45) is 5.92 Å². The minimum Gasteiger partial charge on any atom is -0.377 e. The third-order valence-electron chi connectivity index (χ3n) is 5.74. The Hall–Kier alpha value is -1.64. The standard InChI is InChI=1S/C25H36O2/c1-19(2)20(3)27-18-23-13-10-14-24(17-23)25(5,6)21(4)26-16-15-22-11-8-7-9-12-22/h7-14,17,19-21H,15-16,18H2,1-6H3. The van der Waals surface area contributed by atoms with Gasteiger partial charge in [0, 0.05) is 5.41 Å². The van der Waals surface area contributed by atoms with Crippen LogP contribution in [0.2, 0.25) is 0 Å². The summed E-state index contributed by atoms with van der Waals surface area (Å²) in [5, 5.41) is 0. The van der Waals surface area contributed by atoms with Gasteiger partial charge < -0.3 is 9.47 Å². The van der Waals surface area contributed by atoms with Crippen molar-refractivity contribution < 1.29 is 9.47 Å². The molecule has 0 amide bonds. The molecular formula is C25H36O2. The molecule has 0 aliphatic carbocycles. The lowest BCUT2D eigenvalue weighted by Gasteiger charge is -2.33. The van der Waals surface area contributed by atoms with Crippen molar-refractivity contribution in [2.75, 3.05) is 6.61 Å². The summed E-state index contributed by atoms with van der Waals surface area (Å²) in [4.78, 5) is 0. The Balaban J connectivity index is 1.94. The van der Waals surface area contributed by atoms with E-state index in [1.165, 1.54) is 16.7 Å². The first-order valence-electron chi connectivity index (χ1n) is 10.2. The third-order valence-corrected chi connectivity index (χ3v) is 5.74. The van der Waals surface area contributed by atoms with Gasteiger partial charge in [-0.3, -0.25) is 0 Å². The summed E-state index contributed by atoms with van der Waals surface area (Å²) in [6.45, 7) is 14.6. The SMILES string of the molecule is CC(C)C(C)OCc1cccc(C(C)(C)C(C)OCCc2ccccc2)c1. The molecule has 0 N–H and O–H groups in total. The van der Waals surface area contributed by atoms with E-state index in [9.17, 15) is 0 Å². The molecule has 2 aromatic rings. The van der Waals surface area contributed by atoms with E-state index in [0.717, 1.165) is 13.0 Å². The fourth-order valence-electron chi connectivity index (χ4n) is 2.92. The molecule has 2 rings (SSSR count). The second-order valence-corrected chi connectivity index (χ2v) is 8.43. The van der Waals surface area contributed by atoms with Gasteiger partial charge in [0.05, 0.1) is 25.4 Å². The van der Waals surface area contributed by atoms with E-state index in [-0.39, 0.29) is 17.6 Å². The second kappa shape index (κ2) is 10.1. The summed E-state index contributed by atoms with van der Waals surface area (Å²) in [7, 11) is 0. The lowest BCUT2D eigenvalue weighted by molar-refractivity contribution is 0.0197. The van der Waals surface area contributed by atoms with E-state index in [0.29, 0.717) is 12.5 Å². The molecule has 0 saturated carbocycles. The summed E-state index contributed by atoms with van der Waals surface area (Å²) in [5.41, 5.74) is 3.79. The van der Waals surface area contributed by atoms with Gasteiger partial charge in [-0.1, -0.05) is 82.3 Å². The maximum Gasteiger partial charge on any atom is 0.0720 e. The molecule has 2 heteroatoms. The molecule has 0 aliphatic rings. The Bertz CT molecular complexity index is 676. The maximum atomic E-state index is 6.20. The van der Waals surface area contributed by atoms with Gasteiger partial charge in [-0.15, -0.1) is 0 Å². The van der Waals surface area contributed by atoms with Crippen molar-refractivity contribution >= 4 is 0 Å². The van der Waals surface area contributed by atoms with E-state index >= 15 is 0 Å². The Morgan fingerprint density at radius 3 is 2.15 bits per heavy atom. The van der Waals surface area contributed by atoms with Crippen LogP contribution < -0.4 is 0 Å². The van der Waals surface area contributed by atoms with Crippen LogP contribution in [0.4, 0.5) is 0 Å². The van der Waals surface area contributed by atoms with Crippen LogP contribution >= 0.6 is 0 Å². The maximum absolute atomic E-state index is 6.20. The average Bonchev–Trinajstić information content (AvgIpc) is 2.67. The Labute approximate surface area is 165 Å². The van der Waals surface area contributed by atoms with Gasteiger partial charge in [-0.2, -0.15) is 0 Å². The first kappa shape index (κ1) is 21.7. The van der Waals surface area contributed by atoms with Crippen LogP contribution in [0, 0.1) is 5.92 Å². The van der Waals surface area contributed by atoms with Crippen molar-refractivity contribution in [2.45, 2.75) is 72.2 Å². The van der Waals surface area contributed by atoms with Crippen molar-refractivity contribution in [3.05, 3.63) is 71.3 Å². The van der Waals surface area contributed by atoms with E-state index in [4.69, 9.17) is 9.47 Å². The average molecular weight is 369 g/mol. The predicted molar refractivity (Wildman–Crippen MR) is 114 cm³/mol. The van der Waals surface area contributed by atoms with Gasteiger partial charge in [0.1, 0.15) is 0 Å². The van der Waals surface area contributed by atoms with Crippen molar-refractivity contribution in [3.63, 3.8) is 0 Å². The van der Waals surface area contributed by atoms with Crippen LogP contribution in [0.5, 0.6) is 0 Å². The first-order valence-corrected chi connectivity index (χ1v) is 10.2. The molecule has 0 bridgehead atoms. The summed E-state index contributed by atoms with van der Waals surface area (Å²) in [5.74, 6) is 0.530. The van der Waals surface area contributed by atoms with Gasteiger partial charge in [0.15, 0.2) is 0 Å². The summed E-state index contributed by atoms with van der Waals surface area (Å²) >= 11 is 0. The van der Waals surface area contributed by atoms with E-state index < -0.39 is 0 Å². The van der Waals surface area contributed by atoms with Crippen molar-refractivity contribution in [1.82, 2.24) is 0 Å². The summed E-state index contributed by atoms with van der Waals surface area (Å²) in [6.07, 6.45) is 1.34. The second-order valence-electron chi connectivity index (χ2n) is 8.43. The van der Waals surface area contributed by atoms with E-state index in [1.54, 1.807) is 0 Å². The van der Waals surface area contributed by atoms with Crippen LogP contribution in [-0.2, 0) is 27.9 Å². The number of hydrogen-bond acceptors (Lipinski definition) is 2. The highest BCUT2D eigenvalue weighted by atomic mass is 16.5. The molecule has 2 nitrogen and oxygen atoms in total. The molecule has 148 valence electrons. The Morgan fingerprint density at radius 1 is 0.815 bits per heavy atom. The minimum absolute atomic E-state index is 0.0592. The number of ether oxygens (including phenoxy) is 2. The van der Waals surface area contributed by atoms with Crippen molar-refractivity contribution in [1.29, 1.82) is 0 Å². The fourth-order valence-corrected chi connectivity index (χ4v) is 2.92. The first-order chi connectivity index (χ1) is 12.8. The zero-order chi connectivity index (χ0) is 19.9. The molecule has 27 heavy (non-hydrogen) atoms. The largest absolute Gasteiger partial charge is 0.377 e. The van der Waals surface area contributed by atoms with Crippen LogP contribution in [0.15, 0.2) is 54.6 Å². The third kappa shape index (κ3) is 6.48. The molecule has 0 radical (unpaired) electrons. The van der Waals surface area contributed by atoms with E-state index in [1.807, 2.05) is 0 Å². The lowest BCUT2D eigenvalue weighted by atomic mass is 9.79. The molecule has 0 saturated heterocycles. The smallest absolute Gasteiger partial charge is 0.0720 e. The minimum atomic E-state index is -0.0592. The quantitative estimate of drug-likeness (QED) is 0.499. The Morgan fingerprint density at radius 2 is 1.48 bits per heavy atom. The monoisotopic (exact) mass is 368 g/mol. The van der Waals surface area contributed by atoms with Gasteiger partial charge in [0.2, 0.25) is 0 Å². The summed E-state index contributed by atoms with van der Waals surface area (Å²) < 4.78 is 12.2. The highest BCUT2D eigenvalue weighted by Gasteiger charge is 2.29. The lowest BCUT2D eigenvalue weighted by Crippen LogP contribution is -2.34. The molecule has 2 atom stereocenters. The van der Waals surface area contributed by atoms with Crippen molar-refractivity contribution in [3.8, 4) is 0 Å². The molecule has 0 spiro atoms. The van der Waals surface area contributed by atoms with Crippen LogP contribution in [0.25, 0.3) is 0 Å². The van der Waals surface area contributed by atoms with Crippen LogP contribution in [0.3, 0.4) is 0 Å². The highest BCUT2D eigenvalue weighted by molar-refractivity contribution is 5.30. The van der Waals surface area contributed by atoms with Crippen LogP contribution in [-0.4, -0.2) is 18.8 Å². The number of hydrogen-bond donors (Lipinski definition) is 0. The molecule has 0 aliphatic heterocycles. The van der Waals surface area contributed by atoms with Crippen LogP contribution in [0.1, 0.15) is 58.2 Å². The van der Waals surface area contributed by atoms with E-state index in [2.05, 4.69) is 96.1 Å². The normalized spacial score (nSPS) is 14.3. The molecule has 0 aromatic heterocycles. The molecule has 2 unspecified atom stereocenters. The van der Waals surface area contributed by atoms with Gasteiger partial charge in [-0.05, 0) is 42.9 Å². The molecule has 0 fully saturated rings. The highest BCUT2D eigenvalue weighted by Crippen LogP contribution is 2.30. The topological polar surface area (TPSA) is 18.5 Å². The molecular weight excluding hydrogens is 332 g/mol. The predicted octanol–water partition coefficient (Wildman–Crippen LogP) is 6.17. The van der Waals surface area contributed by atoms with Gasteiger partial charge in [-0.25, -0.2) is 0 Å². The van der Waals surface area contributed by atoms with Gasteiger partial charge >= 0.3 is 0 Å². The fraction of sp³-hybridized carbons (Fsp3) is 0.520. The van der Waals surface area contributed by atoms with Gasteiger partial charge in [0.25, 0.3) is 0 Å². The zero-order valence-electron chi connectivity index (χ0n) is 17.9. The number of benzene rings is 2. The molecule has 0 heterocycles. The number of rotatable bonds is 10. The zero-order valence-corrected chi connectivity index (χ0v) is 17.9. The summed E-state index contributed by atoms with van der Waals surface area (Å²) in [6, 6.07) is 19.3.